The minimum Gasteiger partial charge on any atom is -0.318 e. The van der Waals surface area contributed by atoms with E-state index in [9.17, 15) is 14.4 Å². The first kappa shape index (κ1) is 19.4. The Labute approximate surface area is 171 Å². The van der Waals surface area contributed by atoms with Crippen LogP contribution in [0.25, 0.3) is 0 Å². The van der Waals surface area contributed by atoms with Crippen molar-refractivity contribution in [2.24, 2.45) is 0 Å². The van der Waals surface area contributed by atoms with Crippen LogP contribution in [0.15, 0.2) is 35.5 Å². The first-order valence-electron chi connectivity index (χ1n) is 9.41. The lowest BCUT2D eigenvalue weighted by molar-refractivity contribution is -0.138. The van der Waals surface area contributed by atoms with Crippen LogP contribution in [0.2, 0.25) is 0 Å². The Bertz CT molecular complexity index is 929. The molecule has 1 aromatic heterocycles. The molecule has 1 aromatic carbocycles. The lowest BCUT2D eigenvalue weighted by Crippen LogP contribution is -2.48. The maximum atomic E-state index is 12.8. The van der Waals surface area contributed by atoms with Crippen LogP contribution in [0.3, 0.4) is 0 Å². The molecule has 0 radical (unpaired) electrons. The minimum atomic E-state index is -1.23. The minimum absolute atomic E-state index is 0.0216. The summed E-state index contributed by atoms with van der Waals surface area (Å²) in [4.78, 5) is 37.5. The first-order chi connectivity index (χ1) is 14.0. The van der Waals surface area contributed by atoms with Gasteiger partial charge in [0.05, 0.1) is 11.8 Å². The lowest BCUT2D eigenvalue weighted by Gasteiger charge is -2.22. The van der Waals surface area contributed by atoms with Gasteiger partial charge in [-0.2, -0.15) is 5.01 Å². The van der Waals surface area contributed by atoms with Gasteiger partial charge in [-0.05, 0) is 35.8 Å². The quantitative estimate of drug-likeness (QED) is 0.540. The van der Waals surface area contributed by atoms with Crippen molar-refractivity contribution in [3.63, 3.8) is 0 Å². The van der Waals surface area contributed by atoms with Gasteiger partial charge in [-0.1, -0.05) is 54.9 Å². The largest absolute Gasteiger partial charge is 0.344 e. The van der Waals surface area contributed by atoms with E-state index in [1.54, 1.807) is 35.9 Å². The Kier molecular flexibility index (Phi) is 5.22. The Morgan fingerprint density at radius 1 is 1.28 bits per heavy atom. The third-order valence-electron chi connectivity index (χ3n) is 5.24. The van der Waals surface area contributed by atoms with Gasteiger partial charge in [-0.3, -0.25) is 15.0 Å². The van der Waals surface area contributed by atoms with Crippen LogP contribution >= 0.6 is 11.8 Å². The van der Waals surface area contributed by atoms with Gasteiger partial charge < -0.3 is 5.32 Å². The highest BCUT2D eigenvalue weighted by Crippen LogP contribution is 2.31. The zero-order valence-electron chi connectivity index (χ0n) is 15.9. The van der Waals surface area contributed by atoms with E-state index < -0.39 is 23.4 Å². The molecule has 1 aliphatic heterocycles. The van der Waals surface area contributed by atoms with E-state index in [4.69, 9.17) is 0 Å². The van der Waals surface area contributed by atoms with Crippen molar-refractivity contribution in [3.05, 3.63) is 35.9 Å². The topological polar surface area (TPSA) is 122 Å². The summed E-state index contributed by atoms with van der Waals surface area (Å²) in [7, 11) is 0. The highest BCUT2D eigenvalue weighted by molar-refractivity contribution is 7.99. The summed E-state index contributed by atoms with van der Waals surface area (Å²) in [5.74, 6) is -1.05. The number of tetrazole rings is 1. The second-order valence-electron chi connectivity index (χ2n) is 7.23. The molecule has 4 rings (SSSR count). The zero-order chi connectivity index (χ0) is 20.4. The monoisotopic (exact) mass is 415 g/mol. The number of benzene rings is 1. The van der Waals surface area contributed by atoms with Crippen LogP contribution in [0, 0.1) is 0 Å². The van der Waals surface area contributed by atoms with Gasteiger partial charge in [-0.25, -0.2) is 9.48 Å². The molecule has 4 amide bonds. The summed E-state index contributed by atoms with van der Waals surface area (Å²) < 4.78 is 1.76. The number of hydrogen-bond acceptors (Lipinski definition) is 7. The van der Waals surface area contributed by atoms with Gasteiger partial charge in [0.25, 0.3) is 5.91 Å². The third-order valence-corrected chi connectivity index (χ3v) is 6.18. The maximum Gasteiger partial charge on any atom is 0.344 e. The van der Waals surface area contributed by atoms with E-state index in [1.807, 2.05) is 6.07 Å². The third kappa shape index (κ3) is 3.69. The number of thioether (sulfide) groups is 1. The summed E-state index contributed by atoms with van der Waals surface area (Å²) in [5, 5.41) is 15.7. The fourth-order valence-electron chi connectivity index (χ4n) is 3.65. The van der Waals surface area contributed by atoms with Crippen LogP contribution in [-0.2, 0) is 15.1 Å². The summed E-state index contributed by atoms with van der Waals surface area (Å²) in [6.07, 6.45) is 4.32. The highest BCUT2D eigenvalue weighted by Gasteiger charge is 2.49. The van der Waals surface area contributed by atoms with Gasteiger partial charge in [-0.15, -0.1) is 5.10 Å². The second kappa shape index (κ2) is 7.82. The molecule has 2 heterocycles. The van der Waals surface area contributed by atoms with E-state index in [2.05, 4.69) is 26.3 Å². The average molecular weight is 415 g/mol. The van der Waals surface area contributed by atoms with E-state index >= 15 is 0 Å². The number of rotatable bonds is 6. The maximum absolute atomic E-state index is 12.8. The molecule has 1 atom stereocenters. The Hall–Kier alpha value is -2.95. The first-order valence-corrected chi connectivity index (χ1v) is 10.4. The van der Waals surface area contributed by atoms with Gasteiger partial charge in [0, 0.05) is 0 Å². The number of imide groups is 1. The van der Waals surface area contributed by atoms with Gasteiger partial charge in [0.1, 0.15) is 5.54 Å². The summed E-state index contributed by atoms with van der Waals surface area (Å²) >= 11 is 1.18. The predicted octanol–water partition coefficient (Wildman–Crippen LogP) is 1.38. The Morgan fingerprint density at radius 3 is 2.72 bits per heavy atom. The standard InChI is InChI=1S/C18H21N7O3S/c1-18(12-7-3-2-4-8-12)15(27)25(16(28)19-18)21-14(26)11-29-17-20-22-23-24(17)13-9-5-6-10-13/h2-4,7-8,13H,5-6,9-11H2,1H3,(H,19,28)(H,21,26)/t18-/m0/s1. The van der Waals surface area contributed by atoms with Crippen molar-refractivity contribution in [3.8, 4) is 0 Å². The normalized spacial score (nSPS) is 22.2. The summed E-state index contributed by atoms with van der Waals surface area (Å²) in [5.41, 5.74) is 1.80. The molecule has 2 aliphatic rings. The van der Waals surface area contributed by atoms with Crippen LogP contribution in [-0.4, -0.2) is 48.8 Å². The SMILES string of the molecule is C[C@@]1(c2ccccc2)NC(=O)N(NC(=O)CSc2nnnn2C2CCCC2)C1=O. The molecule has 29 heavy (non-hydrogen) atoms. The van der Waals surface area contributed by atoms with Crippen LogP contribution in [0.4, 0.5) is 4.79 Å². The number of nitrogens with zero attached hydrogens (tertiary/aromatic N) is 5. The molecule has 2 N–H and O–H groups in total. The van der Waals surface area contributed by atoms with E-state index in [0.29, 0.717) is 10.7 Å². The smallest absolute Gasteiger partial charge is 0.318 e. The molecule has 1 saturated heterocycles. The van der Waals surface area contributed by atoms with E-state index in [1.165, 1.54) is 11.8 Å². The Balaban J connectivity index is 1.38. The molecule has 2 fully saturated rings. The van der Waals surface area contributed by atoms with E-state index in [-0.39, 0.29) is 11.8 Å². The van der Waals surface area contributed by atoms with Gasteiger partial charge in [0.15, 0.2) is 0 Å². The lowest BCUT2D eigenvalue weighted by atomic mass is 9.92. The van der Waals surface area contributed by atoms with Crippen molar-refractivity contribution < 1.29 is 14.4 Å². The molecule has 0 unspecified atom stereocenters. The molecule has 10 nitrogen and oxygen atoms in total. The molecular weight excluding hydrogens is 394 g/mol. The molecular formula is C18H21N7O3S. The van der Waals surface area contributed by atoms with Crippen molar-refractivity contribution in [1.82, 2.24) is 36.0 Å². The van der Waals surface area contributed by atoms with Gasteiger partial charge in [0.2, 0.25) is 11.1 Å². The van der Waals surface area contributed by atoms with E-state index in [0.717, 1.165) is 30.7 Å². The van der Waals surface area contributed by atoms with Crippen LogP contribution in [0.1, 0.15) is 44.2 Å². The number of aromatic nitrogens is 4. The van der Waals surface area contributed by atoms with Crippen molar-refractivity contribution in [2.45, 2.75) is 49.3 Å². The number of amides is 4. The van der Waals surface area contributed by atoms with Crippen LogP contribution < -0.4 is 10.7 Å². The number of hydrogen-bond donors (Lipinski definition) is 2. The number of nitrogens with one attached hydrogen (secondary N) is 2. The zero-order valence-corrected chi connectivity index (χ0v) is 16.7. The molecule has 1 aliphatic carbocycles. The van der Waals surface area contributed by atoms with Crippen LogP contribution in [0.5, 0.6) is 0 Å². The number of hydrazine groups is 1. The fraction of sp³-hybridized carbons (Fsp3) is 0.444. The van der Waals surface area contributed by atoms with Gasteiger partial charge >= 0.3 is 6.03 Å². The molecule has 1 saturated carbocycles. The molecule has 152 valence electrons. The number of carbonyl (C=O) groups is 3. The molecule has 11 heteroatoms. The number of carbonyl (C=O) groups excluding carboxylic acids is 3. The molecule has 0 bridgehead atoms. The van der Waals surface area contributed by atoms with Crippen molar-refractivity contribution >= 4 is 29.6 Å². The summed E-state index contributed by atoms with van der Waals surface area (Å²) in [6.45, 7) is 1.61. The highest BCUT2D eigenvalue weighted by atomic mass is 32.2. The van der Waals surface area contributed by atoms with Crippen molar-refractivity contribution in [2.75, 3.05) is 5.75 Å². The predicted molar refractivity (Wildman–Crippen MR) is 103 cm³/mol. The number of urea groups is 1. The van der Waals surface area contributed by atoms with Crippen molar-refractivity contribution in [1.29, 1.82) is 0 Å². The average Bonchev–Trinajstić information content (AvgIpc) is 3.45. The Morgan fingerprint density at radius 2 is 2.00 bits per heavy atom. The summed E-state index contributed by atoms with van der Waals surface area (Å²) in [6, 6.07) is 8.48. The fourth-order valence-corrected chi connectivity index (χ4v) is 4.39. The second-order valence-corrected chi connectivity index (χ2v) is 8.17. The molecule has 0 spiro atoms. The molecule has 2 aromatic rings.